The number of hydrogen-bond donors (Lipinski definition) is 1. The molecule has 1 N–H and O–H groups in total. The normalized spacial score (nSPS) is 18.5. The van der Waals surface area contributed by atoms with E-state index in [0.29, 0.717) is 5.65 Å². The average molecular weight is 424 g/mol. The van der Waals surface area contributed by atoms with E-state index < -0.39 is 11.6 Å². The number of benzene rings is 1. The molecule has 9 heteroatoms. The molecule has 1 amide bonds. The van der Waals surface area contributed by atoms with Gasteiger partial charge in [0.25, 0.3) is 5.91 Å². The topological polar surface area (TPSA) is 86.8 Å². The van der Waals surface area contributed by atoms with E-state index in [2.05, 4.69) is 21.4 Å². The number of carbonyl (C=O) groups excluding carboxylic acids is 1. The quantitative estimate of drug-likeness (QED) is 0.670. The predicted molar refractivity (Wildman–Crippen MR) is 112 cm³/mol. The first-order valence-corrected chi connectivity index (χ1v) is 10.1. The summed E-state index contributed by atoms with van der Waals surface area (Å²) in [6, 6.07) is 6.41. The van der Waals surface area contributed by atoms with Gasteiger partial charge in [-0.25, -0.2) is 18.7 Å². The minimum atomic E-state index is -0.644. The number of carbonyl (C=O) groups is 1. The molecular formula is C22H22F2N6O. The van der Waals surface area contributed by atoms with Crippen LogP contribution in [0.4, 0.5) is 20.3 Å². The molecule has 2 heterocycles. The van der Waals surface area contributed by atoms with Gasteiger partial charge in [-0.15, -0.1) is 0 Å². The van der Waals surface area contributed by atoms with Crippen LogP contribution in [0.2, 0.25) is 0 Å². The SMILES string of the molecule is CN(C)C(=O)c1ccc(Nc2ncnc3c2c(F)cn3C2CCC(C#N)CC2)c(F)c1. The summed E-state index contributed by atoms with van der Waals surface area (Å²) < 4.78 is 31.3. The van der Waals surface area contributed by atoms with Crippen LogP contribution in [0.3, 0.4) is 0 Å². The summed E-state index contributed by atoms with van der Waals surface area (Å²) in [6.07, 6.45) is 5.78. The minimum Gasteiger partial charge on any atom is -0.345 e. The smallest absolute Gasteiger partial charge is 0.253 e. The lowest BCUT2D eigenvalue weighted by molar-refractivity contribution is 0.0827. The maximum absolute atomic E-state index is 14.9. The highest BCUT2D eigenvalue weighted by atomic mass is 19.1. The average Bonchev–Trinajstić information content (AvgIpc) is 3.12. The summed E-state index contributed by atoms with van der Waals surface area (Å²) >= 11 is 0. The van der Waals surface area contributed by atoms with Crippen LogP contribution in [0.1, 0.15) is 42.1 Å². The number of anilines is 2. The summed E-state index contributed by atoms with van der Waals surface area (Å²) in [4.78, 5) is 21.8. The number of rotatable bonds is 4. The summed E-state index contributed by atoms with van der Waals surface area (Å²) in [5, 5.41) is 12.1. The van der Waals surface area contributed by atoms with Crippen molar-refractivity contribution in [1.29, 1.82) is 5.26 Å². The number of nitriles is 1. The van der Waals surface area contributed by atoms with Gasteiger partial charge < -0.3 is 14.8 Å². The first-order chi connectivity index (χ1) is 14.9. The molecule has 1 aliphatic carbocycles. The van der Waals surface area contributed by atoms with Gasteiger partial charge in [0, 0.05) is 37.8 Å². The zero-order valence-corrected chi connectivity index (χ0v) is 17.3. The van der Waals surface area contributed by atoms with Crippen LogP contribution in [-0.4, -0.2) is 39.4 Å². The Bertz CT molecular complexity index is 1170. The zero-order valence-electron chi connectivity index (χ0n) is 17.3. The Kier molecular flexibility index (Phi) is 5.55. The lowest BCUT2D eigenvalue weighted by Crippen LogP contribution is -2.21. The van der Waals surface area contributed by atoms with E-state index in [9.17, 15) is 13.6 Å². The molecule has 1 saturated carbocycles. The molecule has 1 aromatic carbocycles. The Morgan fingerprint density at radius 3 is 2.58 bits per heavy atom. The standard InChI is InChI=1S/C22H22F2N6O/c1-29(2)22(31)14-5-8-18(16(23)9-14)28-20-19-17(24)11-30(21(19)27-12-26-20)15-6-3-13(10-25)4-7-15/h5,8-9,11-13,15H,3-4,6-7H2,1-2H3,(H,26,27,28). The maximum Gasteiger partial charge on any atom is 0.253 e. The van der Waals surface area contributed by atoms with Crippen molar-refractivity contribution in [2.75, 3.05) is 19.4 Å². The van der Waals surface area contributed by atoms with Gasteiger partial charge in [0.1, 0.15) is 23.6 Å². The molecule has 31 heavy (non-hydrogen) atoms. The van der Waals surface area contributed by atoms with Crippen LogP contribution >= 0.6 is 0 Å². The molecular weight excluding hydrogens is 402 g/mol. The van der Waals surface area contributed by atoms with Gasteiger partial charge in [0.2, 0.25) is 0 Å². The fourth-order valence-electron chi connectivity index (χ4n) is 4.03. The first-order valence-electron chi connectivity index (χ1n) is 10.1. The highest BCUT2D eigenvalue weighted by molar-refractivity contribution is 5.95. The Morgan fingerprint density at radius 2 is 1.94 bits per heavy atom. The van der Waals surface area contributed by atoms with E-state index in [1.807, 2.05) is 0 Å². The number of hydrogen-bond acceptors (Lipinski definition) is 5. The molecule has 7 nitrogen and oxygen atoms in total. The van der Waals surface area contributed by atoms with Crippen molar-refractivity contribution < 1.29 is 13.6 Å². The van der Waals surface area contributed by atoms with Gasteiger partial charge in [-0.2, -0.15) is 5.26 Å². The third-order valence-electron chi connectivity index (χ3n) is 5.71. The highest BCUT2D eigenvalue weighted by Gasteiger charge is 2.26. The molecule has 3 aromatic rings. The van der Waals surface area contributed by atoms with E-state index in [1.165, 1.54) is 29.6 Å². The van der Waals surface area contributed by atoms with Crippen LogP contribution < -0.4 is 5.32 Å². The predicted octanol–water partition coefficient (Wildman–Crippen LogP) is 4.41. The second-order valence-corrected chi connectivity index (χ2v) is 7.96. The lowest BCUT2D eigenvalue weighted by Gasteiger charge is -2.26. The number of halogens is 2. The van der Waals surface area contributed by atoms with E-state index in [-0.39, 0.29) is 40.3 Å². The van der Waals surface area contributed by atoms with Crippen molar-refractivity contribution in [2.45, 2.75) is 31.7 Å². The maximum atomic E-state index is 14.9. The van der Waals surface area contributed by atoms with Crippen LogP contribution in [0, 0.1) is 28.9 Å². The van der Waals surface area contributed by atoms with Gasteiger partial charge in [-0.1, -0.05) is 0 Å². The largest absolute Gasteiger partial charge is 0.345 e. The molecule has 0 saturated heterocycles. The number of aromatic nitrogens is 3. The Balaban J connectivity index is 1.65. The lowest BCUT2D eigenvalue weighted by atomic mass is 9.87. The van der Waals surface area contributed by atoms with E-state index in [4.69, 9.17) is 5.26 Å². The summed E-state index contributed by atoms with van der Waals surface area (Å²) in [7, 11) is 3.18. The van der Waals surface area contributed by atoms with Crippen LogP contribution in [0.5, 0.6) is 0 Å². The molecule has 160 valence electrons. The third-order valence-corrected chi connectivity index (χ3v) is 5.71. The molecule has 1 fully saturated rings. The third kappa shape index (κ3) is 3.93. The number of fused-ring (bicyclic) bond motifs is 1. The van der Waals surface area contributed by atoms with Crippen molar-refractivity contribution >= 4 is 28.4 Å². The van der Waals surface area contributed by atoms with Crippen LogP contribution in [0.15, 0.2) is 30.7 Å². The van der Waals surface area contributed by atoms with Crippen molar-refractivity contribution in [3.05, 3.63) is 47.9 Å². The van der Waals surface area contributed by atoms with Gasteiger partial charge in [-0.3, -0.25) is 4.79 Å². The molecule has 0 unspecified atom stereocenters. The fourth-order valence-corrected chi connectivity index (χ4v) is 4.03. The molecule has 4 rings (SSSR count). The second-order valence-electron chi connectivity index (χ2n) is 7.96. The zero-order chi connectivity index (χ0) is 22.1. The minimum absolute atomic E-state index is 0.0418. The van der Waals surface area contributed by atoms with Gasteiger partial charge >= 0.3 is 0 Å². The second kappa shape index (κ2) is 8.30. The Labute approximate surface area is 178 Å². The molecule has 2 aromatic heterocycles. The van der Waals surface area contributed by atoms with Gasteiger partial charge in [0.15, 0.2) is 5.82 Å². The van der Waals surface area contributed by atoms with Gasteiger partial charge in [-0.05, 0) is 43.9 Å². The van der Waals surface area contributed by atoms with Crippen molar-refractivity contribution in [3.63, 3.8) is 0 Å². The Morgan fingerprint density at radius 1 is 1.19 bits per heavy atom. The number of nitrogens with one attached hydrogen (secondary N) is 1. The van der Waals surface area contributed by atoms with Crippen LogP contribution in [-0.2, 0) is 0 Å². The summed E-state index contributed by atoms with van der Waals surface area (Å²) in [6.45, 7) is 0. The Hall–Kier alpha value is -3.54. The van der Waals surface area contributed by atoms with Crippen LogP contribution in [0.25, 0.3) is 11.0 Å². The first kappa shape index (κ1) is 20.7. The monoisotopic (exact) mass is 424 g/mol. The fraction of sp³-hybridized carbons (Fsp3) is 0.364. The highest BCUT2D eigenvalue weighted by Crippen LogP contribution is 2.36. The van der Waals surface area contributed by atoms with E-state index in [0.717, 1.165) is 31.7 Å². The number of amides is 1. The summed E-state index contributed by atoms with van der Waals surface area (Å²) in [5.74, 6) is -1.27. The van der Waals surface area contributed by atoms with Crippen molar-refractivity contribution in [3.8, 4) is 6.07 Å². The summed E-state index contributed by atoms with van der Waals surface area (Å²) in [5.41, 5.74) is 0.721. The van der Waals surface area contributed by atoms with Gasteiger partial charge in [0.05, 0.1) is 17.1 Å². The van der Waals surface area contributed by atoms with Crippen molar-refractivity contribution in [1.82, 2.24) is 19.4 Å². The molecule has 1 aliphatic rings. The molecule has 0 spiro atoms. The van der Waals surface area contributed by atoms with E-state index >= 15 is 0 Å². The molecule has 0 bridgehead atoms. The number of nitrogens with zero attached hydrogens (tertiary/aromatic N) is 5. The molecule has 0 radical (unpaired) electrons. The molecule has 0 atom stereocenters. The van der Waals surface area contributed by atoms with E-state index in [1.54, 1.807) is 18.7 Å². The molecule has 0 aliphatic heterocycles. The van der Waals surface area contributed by atoms with Crippen molar-refractivity contribution in [2.24, 2.45) is 5.92 Å².